The van der Waals surface area contributed by atoms with Crippen molar-refractivity contribution >= 4 is 17.0 Å². The summed E-state index contributed by atoms with van der Waals surface area (Å²) in [7, 11) is 0. The summed E-state index contributed by atoms with van der Waals surface area (Å²) in [6.45, 7) is 4.78. The number of nitrogens with zero attached hydrogens (tertiary/aromatic N) is 5. The first kappa shape index (κ1) is 14.9. The van der Waals surface area contributed by atoms with Gasteiger partial charge in [0.15, 0.2) is 0 Å². The summed E-state index contributed by atoms with van der Waals surface area (Å²) in [5.74, 6) is 0.341. The summed E-state index contributed by atoms with van der Waals surface area (Å²) in [6, 6.07) is 8.72. The van der Waals surface area contributed by atoms with Crippen molar-refractivity contribution < 1.29 is 4.39 Å². The van der Waals surface area contributed by atoms with Crippen LogP contribution in [0.2, 0.25) is 0 Å². The van der Waals surface area contributed by atoms with Crippen molar-refractivity contribution in [1.29, 1.82) is 0 Å². The maximum Gasteiger partial charge on any atom is 0.200 e. The maximum absolute atomic E-state index is 13.0. The lowest BCUT2D eigenvalue weighted by atomic mass is 10.1. The van der Waals surface area contributed by atoms with Gasteiger partial charge in [0, 0.05) is 25.3 Å². The third-order valence-electron chi connectivity index (χ3n) is 4.45. The molecule has 24 heavy (non-hydrogen) atoms. The lowest BCUT2D eigenvalue weighted by molar-refractivity contribution is 0.621. The van der Waals surface area contributed by atoms with Crippen LogP contribution >= 0.6 is 0 Å². The number of fused-ring (bicyclic) bond motifs is 1. The molecule has 0 radical (unpaired) electrons. The summed E-state index contributed by atoms with van der Waals surface area (Å²) in [4.78, 5) is 2.30. The van der Waals surface area contributed by atoms with E-state index in [1.165, 1.54) is 12.1 Å². The number of aryl methyl sites for hydroxylation is 1. The number of anilines is 2. The Labute approximate surface area is 139 Å². The molecule has 0 bridgehead atoms. The monoisotopic (exact) mass is 326 g/mol. The number of hydrogen-bond acceptors (Lipinski definition) is 5. The van der Waals surface area contributed by atoms with E-state index in [4.69, 9.17) is 0 Å². The molecule has 1 aliphatic heterocycles. The number of rotatable bonds is 4. The van der Waals surface area contributed by atoms with Gasteiger partial charge in [0.05, 0.1) is 11.4 Å². The molecule has 4 rings (SSSR count). The molecular weight excluding hydrogens is 307 g/mol. The summed E-state index contributed by atoms with van der Waals surface area (Å²) in [5.41, 5.74) is 3.71. The fourth-order valence-electron chi connectivity index (χ4n) is 3.22. The molecule has 1 fully saturated rings. The normalized spacial score (nSPS) is 17.6. The molecule has 1 atom stereocenters. The molecule has 3 aromatic rings. The number of halogens is 1. The van der Waals surface area contributed by atoms with Crippen LogP contribution in [-0.2, 0) is 0 Å². The highest BCUT2D eigenvalue weighted by Crippen LogP contribution is 2.25. The zero-order valence-corrected chi connectivity index (χ0v) is 13.5. The molecule has 1 unspecified atom stereocenters. The zero-order valence-electron chi connectivity index (χ0n) is 13.5. The van der Waals surface area contributed by atoms with E-state index in [1.54, 1.807) is 10.8 Å². The van der Waals surface area contributed by atoms with E-state index < -0.39 is 0 Å². The minimum absolute atomic E-state index is 0.193. The highest BCUT2D eigenvalue weighted by Gasteiger charge is 2.23. The summed E-state index contributed by atoms with van der Waals surface area (Å²) in [6.07, 6.45) is 2.72. The molecule has 6 nitrogen and oxygen atoms in total. The Morgan fingerprint density at radius 2 is 2.12 bits per heavy atom. The Hall–Kier alpha value is -2.70. The highest BCUT2D eigenvalue weighted by atomic mass is 19.1. The van der Waals surface area contributed by atoms with Crippen molar-refractivity contribution in [3.63, 3.8) is 0 Å². The van der Waals surface area contributed by atoms with Crippen molar-refractivity contribution in [2.45, 2.75) is 13.3 Å². The van der Waals surface area contributed by atoms with Gasteiger partial charge in [0.2, 0.25) is 5.65 Å². The minimum atomic E-state index is -0.193. The van der Waals surface area contributed by atoms with Crippen molar-refractivity contribution in [3.8, 4) is 0 Å². The average molecular weight is 326 g/mol. The minimum Gasteiger partial charge on any atom is -0.382 e. The number of nitrogens with one attached hydrogen (secondary N) is 1. The molecule has 7 heteroatoms. The second kappa shape index (κ2) is 6.07. The van der Waals surface area contributed by atoms with Gasteiger partial charge < -0.3 is 10.2 Å². The van der Waals surface area contributed by atoms with Gasteiger partial charge in [0.25, 0.3) is 0 Å². The molecule has 0 amide bonds. The van der Waals surface area contributed by atoms with Gasteiger partial charge >= 0.3 is 0 Å². The third-order valence-corrected chi connectivity index (χ3v) is 4.45. The molecule has 0 saturated carbocycles. The Morgan fingerprint density at radius 1 is 1.29 bits per heavy atom. The lowest BCUT2D eigenvalue weighted by Crippen LogP contribution is -2.22. The van der Waals surface area contributed by atoms with Crippen molar-refractivity contribution in [1.82, 2.24) is 19.8 Å². The van der Waals surface area contributed by atoms with Gasteiger partial charge in [-0.15, -0.1) is 10.2 Å². The fraction of sp³-hybridized carbons (Fsp3) is 0.353. The third kappa shape index (κ3) is 2.89. The topological polar surface area (TPSA) is 58.3 Å². The number of benzene rings is 1. The van der Waals surface area contributed by atoms with E-state index >= 15 is 0 Å². The summed E-state index contributed by atoms with van der Waals surface area (Å²) in [5, 5.41) is 15.9. The van der Waals surface area contributed by atoms with Crippen LogP contribution in [0.4, 0.5) is 15.8 Å². The zero-order chi connectivity index (χ0) is 16.5. The molecule has 2 aromatic heterocycles. The van der Waals surface area contributed by atoms with Gasteiger partial charge in [-0.05, 0) is 49.6 Å². The SMILES string of the molecule is Cc1cc(NCC2CCN(c3ccc(F)cc3)C2)c2nncn2n1. The van der Waals surface area contributed by atoms with E-state index in [9.17, 15) is 4.39 Å². The van der Waals surface area contributed by atoms with Crippen LogP contribution in [0.1, 0.15) is 12.1 Å². The van der Waals surface area contributed by atoms with E-state index in [-0.39, 0.29) is 5.82 Å². The first-order valence-electron chi connectivity index (χ1n) is 8.11. The smallest absolute Gasteiger partial charge is 0.200 e. The Kier molecular flexibility index (Phi) is 3.76. The van der Waals surface area contributed by atoms with Gasteiger partial charge in [-0.3, -0.25) is 0 Å². The van der Waals surface area contributed by atoms with Gasteiger partial charge in [-0.25, -0.2) is 4.39 Å². The van der Waals surface area contributed by atoms with Crippen LogP contribution in [0.25, 0.3) is 5.65 Å². The molecule has 0 spiro atoms. The fourth-order valence-corrected chi connectivity index (χ4v) is 3.22. The Balaban J connectivity index is 1.41. The van der Waals surface area contributed by atoms with Gasteiger partial charge in [-0.1, -0.05) is 0 Å². The van der Waals surface area contributed by atoms with Crippen LogP contribution in [0.3, 0.4) is 0 Å². The molecule has 3 heterocycles. The second-order valence-corrected chi connectivity index (χ2v) is 6.26. The van der Waals surface area contributed by atoms with E-state index in [0.717, 1.165) is 48.8 Å². The quantitative estimate of drug-likeness (QED) is 0.798. The molecule has 124 valence electrons. The molecule has 1 saturated heterocycles. The molecular formula is C17H19FN6. The number of hydrogen-bond donors (Lipinski definition) is 1. The molecule has 1 N–H and O–H groups in total. The second-order valence-electron chi connectivity index (χ2n) is 6.26. The first-order valence-corrected chi connectivity index (χ1v) is 8.11. The average Bonchev–Trinajstić information content (AvgIpc) is 3.22. The van der Waals surface area contributed by atoms with E-state index in [1.807, 2.05) is 25.1 Å². The van der Waals surface area contributed by atoms with Gasteiger partial charge in [0.1, 0.15) is 12.1 Å². The molecule has 0 aliphatic carbocycles. The van der Waals surface area contributed by atoms with Crippen LogP contribution in [-0.4, -0.2) is 39.4 Å². The largest absolute Gasteiger partial charge is 0.382 e. The molecule has 1 aliphatic rings. The Morgan fingerprint density at radius 3 is 2.96 bits per heavy atom. The predicted octanol–water partition coefficient (Wildman–Crippen LogP) is 2.51. The summed E-state index contributed by atoms with van der Waals surface area (Å²) < 4.78 is 14.7. The molecule has 1 aromatic carbocycles. The lowest BCUT2D eigenvalue weighted by Gasteiger charge is -2.19. The van der Waals surface area contributed by atoms with Crippen LogP contribution in [0.5, 0.6) is 0 Å². The van der Waals surface area contributed by atoms with E-state index in [2.05, 4.69) is 25.5 Å². The summed E-state index contributed by atoms with van der Waals surface area (Å²) >= 11 is 0. The van der Waals surface area contributed by atoms with Crippen LogP contribution in [0, 0.1) is 18.7 Å². The van der Waals surface area contributed by atoms with Crippen molar-refractivity contribution in [2.75, 3.05) is 29.9 Å². The van der Waals surface area contributed by atoms with Crippen molar-refractivity contribution in [3.05, 3.63) is 48.2 Å². The first-order chi connectivity index (χ1) is 11.7. The number of aromatic nitrogens is 4. The van der Waals surface area contributed by atoms with Crippen molar-refractivity contribution in [2.24, 2.45) is 5.92 Å². The predicted molar refractivity (Wildman–Crippen MR) is 90.7 cm³/mol. The standard InChI is InChI=1S/C17H19FN6/c1-12-8-16(17-21-20-11-24(17)22-12)19-9-13-6-7-23(10-13)15-4-2-14(18)3-5-15/h2-5,8,11,13,19H,6-7,9-10H2,1H3. The van der Waals surface area contributed by atoms with Gasteiger partial charge in [-0.2, -0.15) is 9.61 Å². The van der Waals surface area contributed by atoms with Crippen LogP contribution < -0.4 is 10.2 Å². The van der Waals surface area contributed by atoms with E-state index in [0.29, 0.717) is 5.92 Å². The van der Waals surface area contributed by atoms with Crippen LogP contribution in [0.15, 0.2) is 36.7 Å². The highest BCUT2D eigenvalue weighted by molar-refractivity contribution is 5.66. The maximum atomic E-state index is 13.0. The Bertz CT molecular complexity index is 844.